The van der Waals surface area contributed by atoms with Gasteiger partial charge >= 0.3 is 0 Å². The summed E-state index contributed by atoms with van der Waals surface area (Å²) < 4.78 is 12.8. The van der Waals surface area contributed by atoms with Crippen molar-refractivity contribution < 1.29 is 19.1 Å². The van der Waals surface area contributed by atoms with Gasteiger partial charge in [-0.15, -0.1) is 0 Å². The van der Waals surface area contributed by atoms with Crippen LogP contribution in [-0.4, -0.2) is 29.1 Å². The minimum Gasteiger partial charge on any atom is -0.490 e. The molecule has 0 radical (unpaired) electrons. The molecule has 0 aromatic heterocycles. The van der Waals surface area contributed by atoms with Crippen LogP contribution in [0, 0.1) is 10.5 Å². The fourth-order valence-corrected chi connectivity index (χ4v) is 4.39. The van der Waals surface area contributed by atoms with Crippen molar-refractivity contribution in [2.45, 2.75) is 27.4 Å². The molecule has 0 N–H and O–H groups in total. The van der Waals surface area contributed by atoms with Crippen molar-refractivity contribution in [3.8, 4) is 11.5 Å². The highest BCUT2D eigenvalue weighted by Gasteiger charge is 2.33. The molecule has 3 aromatic rings. The molecule has 0 unspecified atom stereocenters. The van der Waals surface area contributed by atoms with E-state index in [1.54, 1.807) is 37.3 Å². The van der Waals surface area contributed by atoms with Gasteiger partial charge in [0.1, 0.15) is 6.61 Å². The highest BCUT2D eigenvalue weighted by molar-refractivity contribution is 14.1. The van der Waals surface area contributed by atoms with Crippen molar-refractivity contribution in [3.63, 3.8) is 0 Å². The molecule has 0 fully saturated rings. The van der Waals surface area contributed by atoms with Gasteiger partial charge in [0, 0.05) is 5.56 Å². The molecule has 4 rings (SSSR count). The monoisotopic (exact) mass is 580 g/mol. The Morgan fingerprint density at radius 1 is 1.03 bits per heavy atom. The maximum atomic E-state index is 13.0. The van der Waals surface area contributed by atoms with E-state index in [2.05, 4.69) is 39.8 Å². The largest absolute Gasteiger partial charge is 0.490 e. The molecule has 0 atom stereocenters. The van der Waals surface area contributed by atoms with Gasteiger partial charge in [-0.05, 0) is 84.8 Å². The summed E-state index contributed by atoms with van der Waals surface area (Å²) in [4.78, 5) is 25.8. The topological polar surface area (TPSA) is 68.2 Å². The molecule has 2 amide bonds. The average Bonchev–Trinajstić information content (AvgIpc) is 3.13. The number of carbonyl (C=O) groups is 2. The molecule has 6 nitrogen and oxygen atoms in total. The molecule has 7 heteroatoms. The summed E-state index contributed by atoms with van der Waals surface area (Å²) in [5.41, 5.74) is 4.26. The first kappa shape index (κ1) is 24.7. The van der Waals surface area contributed by atoms with Crippen molar-refractivity contribution in [2.75, 3.05) is 6.61 Å². The van der Waals surface area contributed by atoms with Crippen LogP contribution in [0.4, 0.5) is 0 Å². The van der Waals surface area contributed by atoms with Crippen molar-refractivity contribution in [1.29, 1.82) is 0 Å². The van der Waals surface area contributed by atoms with Gasteiger partial charge in [0.25, 0.3) is 11.8 Å². The SMILES string of the molecule is CCOc1cc(/C=C2/C(=O)N(C(=O)c3ccccc3)N=C2C)cc(I)c1OCc1ccc(C)cc1. The number of aryl methyl sites for hydroxylation is 1. The van der Waals surface area contributed by atoms with Crippen molar-refractivity contribution in [3.05, 3.63) is 98.1 Å². The van der Waals surface area contributed by atoms with Gasteiger partial charge in [0.2, 0.25) is 0 Å². The lowest BCUT2D eigenvalue weighted by molar-refractivity contribution is -0.123. The molecule has 1 aliphatic rings. The number of halogens is 1. The molecule has 0 spiro atoms. The Bertz CT molecular complexity index is 1310. The summed E-state index contributed by atoms with van der Waals surface area (Å²) >= 11 is 2.20. The summed E-state index contributed by atoms with van der Waals surface area (Å²) in [5.74, 6) is 0.335. The standard InChI is InChI=1S/C28H25IN2O4/c1-4-34-25-16-21(15-24(29)26(25)35-17-20-12-10-18(2)11-13-20)14-23-19(3)30-31(28(23)33)27(32)22-8-6-5-7-9-22/h5-16H,4,17H2,1-3H3/b23-14+. The number of hydrogen-bond acceptors (Lipinski definition) is 5. The zero-order valence-corrected chi connectivity index (χ0v) is 21.9. The van der Waals surface area contributed by atoms with Crippen LogP contribution in [-0.2, 0) is 11.4 Å². The summed E-state index contributed by atoms with van der Waals surface area (Å²) in [6, 6.07) is 20.6. The Labute approximate surface area is 218 Å². The highest BCUT2D eigenvalue weighted by Crippen LogP contribution is 2.36. The average molecular weight is 580 g/mol. The summed E-state index contributed by atoms with van der Waals surface area (Å²) in [6.45, 7) is 6.56. The van der Waals surface area contributed by atoms with E-state index in [-0.39, 0.29) is 0 Å². The number of hydrogen-bond donors (Lipinski definition) is 0. The van der Waals surface area contributed by atoms with Crippen LogP contribution in [0.25, 0.3) is 6.08 Å². The Morgan fingerprint density at radius 2 is 1.74 bits per heavy atom. The molecule has 3 aromatic carbocycles. The number of carbonyl (C=O) groups excluding carboxylic acids is 2. The fraction of sp³-hybridized carbons (Fsp3) is 0.179. The zero-order valence-electron chi connectivity index (χ0n) is 19.7. The van der Waals surface area contributed by atoms with Gasteiger partial charge in [-0.25, -0.2) is 0 Å². The van der Waals surface area contributed by atoms with E-state index in [1.165, 1.54) is 5.56 Å². The van der Waals surface area contributed by atoms with Crippen LogP contribution >= 0.6 is 22.6 Å². The third-order valence-corrected chi connectivity index (χ3v) is 6.22. The van der Waals surface area contributed by atoms with E-state index >= 15 is 0 Å². The molecule has 0 saturated heterocycles. The fourth-order valence-electron chi connectivity index (χ4n) is 3.61. The van der Waals surface area contributed by atoms with E-state index in [4.69, 9.17) is 9.47 Å². The van der Waals surface area contributed by atoms with Crippen LogP contribution in [0.15, 0.2) is 77.4 Å². The molecule has 1 heterocycles. The van der Waals surface area contributed by atoms with Crippen LogP contribution in [0.5, 0.6) is 11.5 Å². The second-order valence-corrected chi connectivity index (χ2v) is 9.23. The van der Waals surface area contributed by atoms with E-state index < -0.39 is 11.8 Å². The number of imide groups is 1. The van der Waals surface area contributed by atoms with Crippen LogP contribution in [0.3, 0.4) is 0 Å². The van der Waals surface area contributed by atoms with Gasteiger partial charge in [0.15, 0.2) is 11.5 Å². The van der Waals surface area contributed by atoms with Crippen LogP contribution in [0.2, 0.25) is 0 Å². The molecule has 0 saturated carbocycles. The molecule has 1 aliphatic heterocycles. The summed E-state index contributed by atoms with van der Waals surface area (Å²) in [5, 5.41) is 5.14. The van der Waals surface area contributed by atoms with Crippen molar-refractivity contribution >= 4 is 46.2 Å². The lowest BCUT2D eigenvalue weighted by Crippen LogP contribution is -2.29. The van der Waals surface area contributed by atoms with E-state index in [0.717, 1.165) is 19.7 Å². The minimum absolute atomic E-state index is 0.362. The first-order valence-corrected chi connectivity index (χ1v) is 12.3. The Balaban J connectivity index is 1.59. The molecule has 0 bridgehead atoms. The Kier molecular flexibility index (Phi) is 7.65. The smallest absolute Gasteiger partial charge is 0.283 e. The van der Waals surface area contributed by atoms with Crippen molar-refractivity contribution in [2.24, 2.45) is 5.10 Å². The first-order valence-electron chi connectivity index (χ1n) is 11.2. The number of hydrazone groups is 1. The quantitative estimate of drug-likeness (QED) is 0.195. The second-order valence-electron chi connectivity index (χ2n) is 8.07. The van der Waals surface area contributed by atoms with E-state index in [1.807, 2.05) is 44.2 Å². The summed E-state index contributed by atoms with van der Waals surface area (Å²) in [6.07, 6.45) is 1.73. The van der Waals surface area contributed by atoms with Gasteiger partial charge in [-0.2, -0.15) is 10.1 Å². The number of benzene rings is 3. The highest BCUT2D eigenvalue weighted by atomic mass is 127. The number of ether oxygens (including phenoxy) is 2. The van der Waals surface area contributed by atoms with Crippen LogP contribution in [0.1, 0.15) is 40.9 Å². The maximum absolute atomic E-state index is 13.0. The lowest BCUT2D eigenvalue weighted by Gasteiger charge is -2.15. The van der Waals surface area contributed by atoms with Gasteiger partial charge in [0.05, 0.1) is 21.5 Å². The predicted octanol–water partition coefficient (Wildman–Crippen LogP) is 6.02. The normalized spacial score (nSPS) is 14.3. The molecular formula is C28H25IN2O4. The first-order chi connectivity index (χ1) is 16.9. The van der Waals surface area contributed by atoms with Gasteiger partial charge in [-0.3, -0.25) is 9.59 Å². The molecule has 178 valence electrons. The van der Waals surface area contributed by atoms with Gasteiger partial charge < -0.3 is 9.47 Å². The number of amides is 2. The minimum atomic E-state index is -0.456. The predicted molar refractivity (Wildman–Crippen MR) is 145 cm³/mol. The number of nitrogens with zero attached hydrogens (tertiary/aromatic N) is 2. The van der Waals surface area contributed by atoms with E-state index in [0.29, 0.717) is 41.6 Å². The molecule has 35 heavy (non-hydrogen) atoms. The van der Waals surface area contributed by atoms with Gasteiger partial charge in [-0.1, -0.05) is 48.0 Å². The van der Waals surface area contributed by atoms with Crippen molar-refractivity contribution in [1.82, 2.24) is 5.01 Å². The Morgan fingerprint density at radius 3 is 2.43 bits per heavy atom. The third-order valence-electron chi connectivity index (χ3n) is 5.42. The third kappa shape index (κ3) is 5.62. The lowest BCUT2D eigenvalue weighted by atomic mass is 10.1. The zero-order chi connectivity index (χ0) is 24.9. The molecule has 0 aliphatic carbocycles. The molecular weight excluding hydrogens is 555 g/mol. The summed E-state index contributed by atoms with van der Waals surface area (Å²) in [7, 11) is 0. The van der Waals surface area contributed by atoms with Crippen LogP contribution < -0.4 is 9.47 Å². The van der Waals surface area contributed by atoms with E-state index in [9.17, 15) is 9.59 Å². The maximum Gasteiger partial charge on any atom is 0.283 e. The Hall–Kier alpha value is -3.46. The number of rotatable bonds is 7. The second kappa shape index (κ2) is 10.9.